The second kappa shape index (κ2) is 8.52. The van der Waals surface area contributed by atoms with Gasteiger partial charge in [0.05, 0.1) is 5.56 Å². The fourth-order valence-electron chi connectivity index (χ4n) is 3.07. The number of amides is 1. The molecule has 5 nitrogen and oxygen atoms in total. The normalized spacial score (nSPS) is 16.8. The SMILES string of the molecule is C[C@H]1CCCCN1C(=O)COC(=O)c1cccc(Oc2ccccc2)c1. The third-order valence-electron chi connectivity index (χ3n) is 4.50. The molecule has 1 aliphatic rings. The molecule has 0 N–H and O–H groups in total. The predicted molar refractivity (Wildman–Crippen MR) is 98.3 cm³/mol. The van der Waals surface area contributed by atoms with Crippen LogP contribution >= 0.6 is 0 Å². The standard InChI is InChI=1S/C21H23NO4/c1-16-8-5-6-13-22(16)20(23)15-25-21(24)17-9-7-12-19(14-17)26-18-10-3-2-4-11-18/h2-4,7,9-12,14,16H,5-6,8,13,15H2,1H3/t16-/m0/s1. The van der Waals surface area contributed by atoms with Crippen LogP contribution in [0.3, 0.4) is 0 Å². The number of rotatable bonds is 5. The third-order valence-corrected chi connectivity index (χ3v) is 4.50. The van der Waals surface area contributed by atoms with Gasteiger partial charge in [0.15, 0.2) is 6.61 Å². The lowest BCUT2D eigenvalue weighted by Gasteiger charge is -2.33. The van der Waals surface area contributed by atoms with Gasteiger partial charge in [0.2, 0.25) is 0 Å². The summed E-state index contributed by atoms with van der Waals surface area (Å²) in [6, 6.07) is 16.3. The van der Waals surface area contributed by atoms with E-state index in [-0.39, 0.29) is 18.6 Å². The number of esters is 1. The molecule has 1 amide bonds. The maximum atomic E-state index is 12.3. The third kappa shape index (κ3) is 4.63. The molecule has 0 spiro atoms. The zero-order valence-corrected chi connectivity index (χ0v) is 14.9. The molecule has 1 heterocycles. The van der Waals surface area contributed by atoms with E-state index in [1.807, 2.05) is 37.3 Å². The second-order valence-corrected chi connectivity index (χ2v) is 6.45. The number of ether oxygens (including phenoxy) is 2. The highest BCUT2D eigenvalue weighted by Crippen LogP contribution is 2.22. The van der Waals surface area contributed by atoms with Crippen LogP contribution in [0.25, 0.3) is 0 Å². The van der Waals surface area contributed by atoms with Gasteiger partial charge in [-0.25, -0.2) is 4.79 Å². The fraction of sp³-hybridized carbons (Fsp3) is 0.333. The Hall–Kier alpha value is -2.82. The minimum atomic E-state index is -0.526. The van der Waals surface area contributed by atoms with E-state index < -0.39 is 5.97 Å². The minimum absolute atomic E-state index is 0.137. The number of para-hydroxylation sites is 1. The average Bonchev–Trinajstić information content (AvgIpc) is 2.67. The zero-order valence-electron chi connectivity index (χ0n) is 14.9. The molecule has 0 unspecified atom stereocenters. The lowest BCUT2D eigenvalue weighted by molar-refractivity contribution is -0.137. The van der Waals surface area contributed by atoms with Crippen molar-refractivity contribution in [3.05, 3.63) is 60.2 Å². The van der Waals surface area contributed by atoms with Crippen LogP contribution in [0.2, 0.25) is 0 Å². The van der Waals surface area contributed by atoms with E-state index in [9.17, 15) is 9.59 Å². The number of hydrogen-bond donors (Lipinski definition) is 0. The summed E-state index contributed by atoms with van der Waals surface area (Å²) in [5.41, 5.74) is 0.359. The lowest BCUT2D eigenvalue weighted by atomic mass is 10.0. The van der Waals surface area contributed by atoms with Crippen molar-refractivity contribution in [2.24, 2.45) is 0 Å². The fourth-order valence-corrected chi connectivity index (χ4v) is 3.07. The Labute approximate surface area is 153 Å². The first kappa shape index (κ1) is 18.0. The van der Waals surface area contributed by atoms with Crippen LogP contribution in [0.15, 0.2) is 54.6 Å². The summed E-state index contributed by atoms with van der Waals surface area (Å²) >= 11 is 0. The number of carbonyl (C=O) groups excluding carboxylic acids is 2. The van der Waals surface area contributed by atoms with Crippen LogP contribution in [-0.2, 0) is 9.53 Å². The molecular weight excluding hydrogens is 330 g/mol. The van der Waals surface area contributed by atoms with Crippen molar-refractivity contribution in [1.29, 1.82) is 0 Å². The van der Waals surface area contributed by atoms with Gasteiger partial charge in [-0.15, -0.1) is 0 Å². The molecule has 1 aliphatic heterocycles. The Morgan fingerprint density at radius 3 is 2.58 bits per heavy atom. The molecule has 0 radical (unpaired) electrons. The van der Waals surface area contributed by atoms with Crippen molar-refractivity contribution >= 4 is 11.9 Å². The minimum Gasteiger partial charge on any atom is -0.457 e. The number of nitrogens with zero attached hydrogens (tertiary/aromatic N) is 1. The van der Waals surface area contributed by atoms with Crippen LogP contribution < -0.4 is 4.74 Å². The molecule has 3 rings (SSSR count). The summed E-state index contributed by atoms with van der Waals surface area (Å²) in [6.07, 6.45) is 3.14. The van der Waals surface area contributed by atoms with Gasteiger partial charge in [-0.1, -0.05) is 24.3 Å². The Morgan fingerprint density at radius 1 is 1.04 bits per heavy atom. The lowest BCUT2D eigenvalue weighted by Crippen LogP contribution is -2.44. The molecule has 5 heteroatoms. The molecule has 0 aromatic heterocycles. The first-order valence-electron chi connectivity index (χ1n) is 8.93. The number of carbonyl (C=O) groups is 2. The van der Waals surface area contributed by atoms with Gasteiger partial charge in [0, 0.05) is 12.6 Å². The molecule has 0 saturated carbocycles. The maximum Gasteiger partial charge on any atom is 0.338 e. The van der Waals surface area contributed by atoms with E-state index in [1.165, 1.54) is 0 Å². The summed E-state index contributed by atoms with van der Waals surface area (Å²) in [4.78, 5) is 26.3. The molecule has 2 aromatic carbocycles. The number of likely N-dealkylation sites (tertiary alicyclic amines) is 1. The monoisotopic (exact) mass is 353 g/mol. The van der Waals surface area contributed by atoms with E-state index in [4.69, 9.17) is 9.47 Å². The number of piperidine rings is 1. The number of hydrogen-bond acceptors (Lipinski definition) is 4. The zero-order chi connectivity index (χ0) is 18.4. The van der Waals surface area contributed by atoms with E-state index in [0.717, 1.165) is 25.8 Å². The van der Waals surface area contributed by atoms with Crippen molar-refractivity contribution in [2.75, 3.05) is 13.2 Å². The molecule has 26 heavy (non-hydrogen) atoms. The number of benzene rings is 2. The van der Waals surface area contributed by atoms with Crippen LogP contribution in [0.5, 0.6) is 11.5 Å². The van der Waals surface area contributed by atoms with E-state index in [1.54, 1.807) is 29.2 Å². The van der Waals surface area contributed by atoms with Crippen molar-refractivity contribution in [3.63, 3.8) is 0 Å². The van der Waals surface area contributed by atoms with Gasteiger partial charge in [0.1, 0.15) is 11.5 Å². The molecule has 0 bridgehead atoms. The van der Waals surface area contributed by atoms with Crippen LogP contribution in [0, 0.1) is 0 Å². The highest BCUT2D eigenvalue weighted by Gasteiger charge is 2.24. The van der Waals surface area contributed by atoms with Crippen LogP contribution in [-0.4, -0.2) is 36.0 Å². The maximum absolute atomic E-state index is 12.3. The van der Waals surface area contributed by atoms with Gasteiger partial charge in [0.25, 0.3) is 5.91 Å². The Kier molecular flexibility index (Phi) is 5.89. The summed E-state index contributed by atoms with van der Waals surface area (Å²) in [7, 11) is 0. The Bertz CT molecular complexity index is 760. The molecule has 1 fully saturated rings. The van der Waals surface area contributed by atoms with Crippen LogP contribution in [0.1, 0.15) is 36.5 Å². The summed E-state index contributed by atoms with van der Waals surface area (Å²) in [5, 5.41) is 0. The first-order valence-corrected chi connectivity index (χ1v) is 8.93. The summed E-state index contributed by atoms with van der Waals surface area (Å²) in [5.74, 6) is 0.567. The van der Waals surface area contributed by atoms with E-state index in [2.05, 4.69) is 0 Å². The highest BCUT2D eigenvalue weighted by atomic mass is 16.5. The van der Waals surface area contributed by atoms with Gasteiger partial charge in [-0.2, -0.15) is 0 Å². The molecule has 1 atom stereocenters. The molecule has 0 aliphatic carbocycles. The second-order valence-electron chi connectivity index (χ2n) is 6.45. The Balaban J connectivity index is 1.57. The topological polar surface area (TPSA) is 55.8 Å². The smallest absolute Gasteiger partial charge is 0.338 e. The van der Waals surface area contributed by atoms with Gasteiger partial charge in [-0.3, -0.25) is 4.79 Å². The van der Waals surface area contributed by atoms with Gasteiger partial charge < -0.3 is 14.4 Å². The molecule has 2 aromatic rings. The van der Waals surface area contributed by atoms with Gasteiger partial charge >= 0.3 is 5.97 Å². The quantitative estimate of drug-likeness (QED) is 0.762. The van der Waals surface area contributed by atoms with E-state index in [0.29, 0.717) is 17.1 Å². The molecular formula is C21H23NO4. The van der Waals surface area contributed by atoms with Crippen molar-refractivity contribution in [1.82, 2.24) is 4.90 Å². The largest absolute Gasteiger partial charge is 0.457 e. The molecule has 1 saturated heterocycles. The Morgan fingerprint density at radius 2 is 1.81 bits per heavy atom. The summed E-state index contributed by atoms with van der Waals surface area (Å²) < 4.78 is 10.9. The molecule has 136 valence electrons. The van der Waals surface area contributed by atoms with E-state index >= 15 is 0 Å². The predicted octanol–water partition coefficient (Wildman–Crippen LogP) is 4.04. The van der Waals surface area contributed by atoms with Crippen molar-refractivity contribution in [2.45, 2.75) is 32.2 Å². The highest BCUT2D eigenvalue weighted by molar-refractivity contribution is 5.91. The average molecular weight is 353 g/mol. The van der Waals surface area contributed by atoms with Crippen molar-refractivity contribution in [3.8, 4) is 11.5 Å². The van der Waals surface area contributed by atoms with Crippen LogP contribution in [0.4, 0.5) is 0 Å². The summed E-state index contributed by atoms with van der Waals surface area (Å²) in [6.45, 7) is 2.54. The van der Waals surface area contributed by atoms with Gasteiger partial charge in [-0.05, 0) is 56.5 Å². The first-order chi connectivity index (χ1) is 12.6. The van der Waals surface area contributed by atoms with Crippen molar-refractivity contribution < 1.29 is 19.1 Å².